The first-order valence-electron chi connectivity index (χ1n) is 3.05. The Morgan fingerprint density at radius 1 is 1.10 bits per heavy atom. The second-order valence-electron chi connectivity index (χ2n) is 3.94. The highest BCUT2D eigenvalue weighted by atomic mass is 32.4. The van der Waals surface area contributed by atoms with E-state index in [1.807, 2.05) is 0 Å². The van der Waals surface area contributed by atoms with E-state index in [1.165, 1.54) is 0 Å². The Balaban J connectivity index is 0. The molecule has 0 rings (SSSR count). The van der Waals surface area contributed by atoms with Gasteiger partial charge in [0, 0.05) is 0 Å². The highest BCUT2D eigenvalue weighted by Gasteiger charge is 1.88. The molecule has 10 heavy (non-hydrogen) atoms. The summed E-state index contributed by atoms with van der Waals surface area (Å²) < 4.78 is 1.00. The van der Waals surface area contributed by atoms with Gasteiger partial charge in [0.2, 0.25) is 0 Å². The maximum absolute atomic E-state index is 10.0. The fourth-order valence-corrected chi connectivity index (χ4v) is 0. The van der Waals surface area contributed by atoms with Gasteiger partial charge >= 0.3 is 0 Å². The molecule has 0 aromatic rings. The molecule has 0 amide bonds. The first-order chi connectivity index (χ1) is 4.00. The molecule has 0 bridgehead atoms. The van der Waals surface area contributed by atoms with Gasteiger partial charge in [0.1, 0.15) is 0 Å². The van der Waals surface area contributed by atoms with E-state index in [9.17, 15) is 4.89 Å². The molecule has 0 unspecified atom stereocenters. The molecule has 0 aliphatic carbocycles. The van der Waals surface area contributed by atoms with Crippen LogP contribution < -0.4 is 4.89 Å². The van der Waals surface area contributed by atoms with Crippen LogP contribution in [0.1, 0.15) is 0 Å². The summed E-state index contributed by atoms with van der Waals surface area (Å²) in [4.78, 5) is 10.0. The number of hydrogen-bond acceptors (Lipinski definition) is 2. The predicted molar refractivity (Wildman–Crippen MR) is 50.1 cm³/mol. The van der Waals surface area contributed by atoms with Crippen LogP contribution in [0, 0.1) is 0 Å². The Hall–Kier alpha value is 0.570. The summed E-state index contributed by atoms with van der Waals surface area (Å²) in [5, 5.41) is 0. The zero-order valence-electron chi connectivity index (χ0n) is 7.71. The van der Waals surface area contributed by atoms with Gasteiger partial charge in [-0.25, -0.2) is 0 Å². The summed E-state index contributed by atoms with van der Waals surface area (Å²) in [5.41, 5.74) is 0. The van der Waals surface area contributed by atoms with E-state index in [0.717, 1.165) is 4.48 Å². The van der Waals surface area contributed by atoms with Crippen LogP contribution in [0.15, 0.2) is 0 Å². The molecule has 0 spiro atoms. The van der Waals surface area contributed by atoms with E-state index in [-0.39, 0.29) is 0 Å². The van der Waals surface area contributed by atoms with Gasteiger partial charge in [-0.15, -0.1) is 18.1 Å². The molecule has 0 aliphatic heterocycles. The Morgan fingerprint density at radius 3 is 1.10 bits per heavy atom. The summed E-state index contributed by atoms with van der Waals surface area (Å²) in [6, 6.07) is 0. The van der Waals surface area contributed by atoms with Crippen molar-refractivity contribution < 1.29 is 9.38 Å². The SMILES string of the molecule is CP(C)([O-])=S.C[N+](C)(C)C. The summed E-state index contributed by atoms with van der Waals surface area (Å²) >= 11 is 4.38. The third-order valence-corrected chi connectivity index (χ3v) is 0. The second kappa shape index (κ2) is 4.45. The lowest BCUT2D eigenvalue weighted by Gasteiger charge is -2.14. The van der Waals surface area contributed by atoms with Crippen molar-refractivity contribution in [3.63, 3.8) is 0 Å². The van der Waals surface area contributed by atoms with Crippen LogP contribution in [0.2, 0.25) is 0 Å². The van der Waals surface area contributed by atoms with E-state index in [2.05, 4.69) is 40.0 Å². The van der Waals surface area contributed by atoms with Crippen LogP contribution in [0.3, 0.4) is 0 Å². The van der Waals surface area contributed by atoms with Gasteiger partial charge < -0.3 is 9.38 Å². The lowest BCUT2D eigenvalue weighted by Crippen LogP contribution is -2.27. The molecule has 0 saturated heterocycles. The molecule has 0 fully saturated rings. The Bertz CT molecular complexity index is 110. The maximum atomic E-state index is 10.0. The third kappa shape index (κ3) is 1510. The second-order valence-corrected chi connectivity index (χ2v) is 9.08. The number of rotatable bonds is 0. The average Bonchev–Trinajstić information content (AvgIpc) is 1.12. The van der Waals surface area contributed by atoms with Crippen molar-refractivity contribution in [2.24, 2.45) is 0 Å². The Morgan fingerprint density at radius 2 is 1.10 bits per heavy atom. The Labute approximate surface area is 69.5 Å². The number of hydrogen-bond donors (Lipinski definition) is 0. The quantitative estimate of drug-likeness (QED) is 0.399. The Kier molecular flexibility index (Phi) is 5.86. The van der Waals surface area contributed by atoms with Crippen LogP contribution >= 0.6 is 6.26 Å². The van der Waals surface area contributed by atoms with Crippen LogP contribution in [0.4, 0.5) is 0 Å². The van der Waals surface area contributed by atoms with Crippen molar-refractivity contribution in [2.45, 2.75) is 0 Å². The van der Waals surface area contributed by atoms with Crippen molar-refractivity contribution in [1.82, 2.24) is 0 Å². The van der Waals surface area contributed by atoms with Crippen LogP contribution in [-0.4, -0.2) is 46.0 Å². The molecule has 4 heteroatoms. The van der Waals surface area contributed by atoms with Crippen LogP contribution in [0.5, 0.6) is 0 Å². The number of nitrogens with zero attached hydrogens (tertiary/aromatic N) is 1. The molecule has 0 aromatic carbocycles. The molecule has 0 saturated carbocycles. The van der Waals surface area contributed by atoms with Crippen molar-refractivity contribution >= 4 is 18.1 Å². The fourth-order valence-electron chi connectivity index (χ4n) is 0. The molecule has 0 aromatic heterocycles. The first kappa shape index (κ1) is 13.2. The predicted octanol–water partition coefficient (Wildman–Crippen LogP) is 0.323. The van der Waals surface area contributed by atoms with Crippen LogP contribution in [0.25, 0.3) is 0 Å². The summed E-state index contributed by atoms with van der Waals surface area (Å²) in [7, 11) is 8.50. The van der Waals surface area contributed by atoms with Crippen molar-refractivity contribution in [3.05, 3.63) is 0 Å². The van der Waals surface area contributed by atoms with E-state index in [1.54, 1.807) is 13.3 Å². The molecule has 0 heterocycles. The normalized spacial score (nSPS) is 11.9. The summed E-state index contributed by atoms with van der Waals surface area (Å²) in [6.07, 6.45) is -2.06. The van der Waals surface area contributed by atoms with Gasteiger partial charge in [0.25, 0.3) is 0 Å². The molecule has 0 atom stereocenters. The average molecular weight is 183 g/mol. The maximum Gasteiger partial charge on any atom is 0.0675 e. The van der Waals surface area contributed by atoms with Gasteiger partial charge in [0.15, 0.2) is 0 Å². The van der Waals surface area contributed by atoms with Gasteiger partial charge in [-0.1, -0.05) is 0 Å². The van der Waals surface area contributed by atoms with Gasteiger partial charge in [-0.05, 0) is 13.3 Å². The van der Waals surface area contributed by atoms with Crippen molar-refractivity contribution in [2.75, 3.05) is 41.5 Å². The van der Waals surface area contributed by atoms with Crippen molar-refractivity contribution in [1.29, 1.82) is 0 Å². The zero-order chi connectivity index (χ0) is 9.00. The summed E-state index contributed by atoms with van der Waals surface area (Å²) in [5.74, 6) is 0. The van der Waals surface area contributed by atoms with E-state index >= 15 is 0 Å². The third-order valence-electron chi connectivity index (χ3n) is 0. The monoisotopic (exact) mass is 183 g/mol. The summed E-state index contributed by atoms with van der Waals surface area (Å²) in [6.45, 7) is 3.12. The van der Waals surface area contributed by atoms with E-state index < -0.39 is 6.26 Å². The molecular formula is C6H18NOPS. The minimum Gasteiger partial charge on any atom is -0.821 e. The zero-order valence-corrected chi connectivity index (χ0v) is 9.42. The van der Waals surface area contributed by atoms with Crippen molar-refractivity contribution in [3.8, 4) is 0 Å². The molecule has 0 N–H and O–H groups in total. The smallest absolute Gasteiger partial charge is 0.0675 e. The lowest BCUT2D eigenvalue weighted by molar-refractivity contribution is -0.849. The topological polar surface area (TPSA) is 23.1 Å². The molecule has 0 aliphatic rings. The largest absolute Gasteiger partial charge is 0.821 e. The van der Waals surface area contributed by atoms with Crippen LogP contribution in [-0.2, 0) is 11.8 Å². The van der Waals surface area contributed by atoms with Gasteiger partial charge in [0.05, 0.1) is 28.2 Å². The molecule has 2 nitrogen and oxygen atoms in total. The highest BCUT2D eigenvalue weighted by Crippen LogP contribution is 2.21. The van der Waals surface area contributed by atoms with E-state index in [0.29, 0.717) is 0 Å². The standard InChI is InChI=1S/C4H12N.C2H7OPS/c1-5(2,3)4;1-4(2,3)5/h1-4H3;1-2H3,(H,3,5)/q+1;/p-1. The highest BCUT2D eigenvalue weighted by molar-refractivity contribution is 8.10. The minimum absolute atomic E-state index is 1.00. The van der Waals surface area contributed by atoms with E-state index in [4.69, 9.17) is 0 Å². The first-order valence-corrected chi connectivity index (χ1v) is 6.66. The molecular weight excluding hydrogens is 165 g/mol. The minimum atomic E-state index is -2.06. The molecule has 64 valence electrons. The van der Waals surface area contributed by atoms with Gasteiger partial charge in [-0.3, -0.25) is 0 Å². The van der Waals surface area contributed by atoms with Gasteiger partial charge in [-0.2, -0.15) is 0 Å². The molecule has 0 radical (unpaired) electrons. The lowest BCUT2D eigenvalue weighted by atomic mass is 10.8. The fraction of sp³-hybridized carbons (Fsp3) is 1.00. The number of quaternary nitrogens is 1.